The molecule has 0 N–H and O–H groups in total. The molecule has 0 fully saturated rings. The first kappa shape index (κ1) is 10.2. The topological polar surface area (TPSA) is 39.2 Å². The number of hydrogen-bond donors (Lipinski definition) is 0. The van der Waals surface area contributed by atoms with Crippen molar-refractivity contribution in [3.05, 3.63) is 29.0 Å². The molecular weight excluding hydrogens is 190 g/mol. The Balaban J connectivity index is 2.61. The van der Waals surface area contributed by atoms with Gasteiger partial charge in [-0.05, 0) is 19.1 Å². The molecule has 1 aromatic heterocycles. The van der Waals surface area contributed by atoms with Crippen LogP contribution in [0.25, 0.3) is 0 Å². The summed E-state index contributed by atoms with van der Waals surface area (Å²) >= 11 is 5.62. The van der Waals surface area contributed by atoms with E-state index in [1.807, 2.05) is 6.92 Å². The van der Waals surface area contributed by atoms with Crippen molar-refractivity contribution in [1.82, 2.24) is 4.98 Å². The normalized spacial score (nSPS) is 10.0. The number of ketones is 1. The monoisotopic (exact) mass is 199 g/mol. The summed E-state index contributed by atoms with van der Waals surface area (Å²) in [5.74, 6) is -0.126. The zero-order valence-electron chi connectivity index (χ0n) is 7.29. The van der Waals surface area contributed by atoms with Crippen LogP contribution in [-0.2, 0) is 4.74 Å². The van der Waals surface area contributed by atoms with Crippen LogP contribution in [0.4, 0.5) is 0 Å². The van der Waals surface area contributed by atoms with Crippen LogP contribution in [-0.4, -0.2) is 24.0 Å². The van der Waals surface area contributed by atoms with Crippen molar-refractivity contribution in [2.75, 3.05) is 13.2 Å². The van der Waals surface area contributed by atoms with Gasteiger partial charge in [0.05, 0.1) is 5.02 Å². The maximum absolute atomic E-state index is 11.3. The average Bonchev–Trinajstić information content (AvgIpc) is 2.15. The van der Waals surface area contributed by atoms with Gasteiger partial charge in [-0.3, -0.25) is 9.78 Å². The summed E-state index contributed by atoms with van der Waals surface area (Å²) in [7, 11) is 0. The van der Waals surface area contributed by atoms with Crippen molar-refractivity contribution >= 4 is 17.4 Å². The Morgan fingerprint density at radius 2 is 2.38 bits per heavy atom. The summed E-state index contributed by atoms with van der Waals surface area (Å²) in [6.07, 6.45) is 1.45. The van der Waals surface area contributed by atoms with Gasteiger partial charge in [-0.2, -0.15) is 0 Å². The van der Waals surface area contributed by atoms with Gasteiger partial charge in [0.2, 0.25) is 5.78 Å². The zero-order chi connectivity index (χ0) is 9.68. The number of ether oxygens (including phenoxy) is 1. The van der Waals surface area contributed by atoms with Crippen molar-refractivity contribution in [3.8, 4) is 0 Å². The van der Waals surface area contributed by atoms with Gasteiger partial charge >= 0.3 is 0 Å². The van der Waals surface area contributed by atoms with Crippen molar-refractivity contribution in [1.29, 1.82) is 0 Å². The fraction of sp³-hybridized carbons (Fsp3) is 0.333. The Morgan fingerprint density at radius 3 is 2.92 bits per heavy atom. The average molecular weight is 200 g/mol. The predicted octanol–water partition coefficient (Wildman–Crippen LogP) is 1.95. The van der Waals surface area contributed by atoms with Gasteiger partial charge < -0.3 is 4.74 Å². The van der Waals surface area contributed by atoms with Crippen LogP contribution in [0.3, 0.4) is 0 Å². The standard InChI is InChI=1S/C9H10ClNO2/c1-2-13-6-9(12)8-4-3-7(10)5-11-8/h3-5H,2,6H2,1H3. The lowest BCUT2D eigenvalue weighted by molar-refractivity contribution is 0.0778. The van der Waals surface area contributed by atoms with Gasteiger partial charge in [-0.25, -0.2) is 0 Å². The quantitative estimate of drug-likeness (QED) is 0.696. The number of carbonyl (C=O) groups is 1. The molecule has 70 valence electrons. The smallest absolute Gasteiger partial charge is 0.206 e. The van der Waals surface area contributed by atoms with Crippen LogP contribution in [0.15, 0.2) is 18.3 Å². The maximum Gasteiger partial charge on any atom is 0.206 e. The number of hydrogen-bond acceptors (Lipinski definition) is 3. The molecule has 1 heterocycles. The number of pyridine rings is 1. The van der Waals surface area contributed by atoms with E-state index >= 15 is 0 Å². The van der Waals surface area contributed by atoms with E-state index in [9.17, 15) is 4.79 Å². The minimum absolute atomic E-state index is 0.0745. The lowest BCUT2D eigenvalue weighted by atomic mass is 10.2. The molecule has 0 bridgehead atoms. The highest BCUT2D eigenvalue weighted by atomic mass is 35.5. The van der Waals surface area contributed by atoms with Gasteiger partial charge in [0.1, 0.15) is 12.3 Å². The molecule has 0 unspecified atom stereocenters. The Hall–Kier alpha value is -0.930. The van der Waals surface area contributed by atoms with Crippen LogP contribution < -0.4 is 0 Å². The molecule has 0 aliphatic rings. The molecule has 0 atom stereocenters. The summed E-state index contributed by atoms with van der Waals surface area (Å²) in [5, 5.41) is 0.521. The number of nitrogens with zero attached hydrogens (tertiary/aromatic N) is 1. The lowest BCUT2D eigenvalue weighted by Gasteiger charge is -1.99. The second kappa shape index (κ2) is 4.94. The summed E-state index contributed by atoms with van der Waals surface area (Å²) in [5.41, 5.74) is 0.387. The SMILES string of the molecule is CCOCC(=O)c1ccc(Cl)cn1. The molecule has 1 rings (SSSR count). The predicted molar refractivity (Wildman–Crippen MR) is 50.1 cm³/mol. The number of Topliss-reactive ketones (excluding diaryl/α,β-unsaturated/α-hetero) is 1. The Morgan fingerprint density at radius 1 is 1.62 bits per heavy atom. The largest absolute Gasteiger partial charge is 0.374 e. The second-order valence-electron chi connectivity index (χ2n) is 2.42. The fourth-order valence-corrected chi connectivity index (χ4v) is 0.921. The van der Waals surface area contributed by atoms with E-state index in [2.05, 4.69) is 4.98 Å². The Bertz CT molecular complexity index is 284. The number of halogens is 1. The van der Waals surface area contributed by atoms with Crippen LogP contribution in [0, 0.1) is 0 Å². The maximum atomic E-state index is 11.3. The Kier molecular flexibility index (Phi) is 3.86. The molecule has 0 aliphatic carbocycles. The number of rotatable bonds is 4. The molecule has 0 radical (unpaired) electrons. The number of aromatic nitrogens is 1. The third kappa shape index (κ3) is 3.13. The molecule has 1 aromatic rings. The molecule has 0 saturated heterocycles. The van der Waals surface area contributed by atoms with E-state index in [0.717, 1.165) is 0 Å². The van der Waals surface area contributed by atoms with Crippen LogP contribution in [0.1, 0.15) is 17.4 Å². The van der Waals surface area contributed by atoms with Gasteiger partial charge in [0, 0.05) is 12.8 Å². The summed E-state index contributed by atoms with van der Waals surface area (Å²) < 4.78 is 4.96. The highest BCUT2D eigenvalue weighted by molar-refractivity contribution is 6.30. The molecule has 4 heteroatoms. The van der Waals surface area contributed by atoms with Crippen LogP contribution >= 0.6 is 11.6 Å². The summed E-state index contributed by atoms with van der Waals surface area (Å²) in [6, 6.07) is 3.22. The van der Waals surface area contributed by atoms with Crippen LogP contribution in [0.2, 0.25) is 5.02 Å². The number of carbonyl (C=O) groups excluding carboxylic acids is 1. The van der Waals surface area contributed by atoms with E-state index in [1.54, 1.807) is 12.1 Å². The first-order valence-electron chi connectivity index (χ1n) is 3.96. The van der Waals surface area contributed by atoms with E-state index in [1.165, 1.54) is 6.20 Å². The third-order valence-electron chi connectivity index (χ3n) is 1.45. The lowest BCUT2D eigenvalue weighted by Crippen LogP contribution is -2.10. The first-order valence-corrected chi connectivity index (χ1v) is 4.34. The van der Waals surface area contributed by atoms with Crippen molar-refractivity contribution in [2.24, 2.45) is 0 Å². The Labute approximate surface area is 81.7 Å². The summed E-state index contributed by atoms with van der Waals surface area (Å²) in [6.45, 7) is 2.44. The third-order valence-corrected chi connectivity index (χ3v) is 1.67. The zero-order valence-corrected chi connectivity index (χ0v) is 8.04. The van der Waals surface area contributed by atoms with Gasteiger partial charge in [-0.15, -0.1) is 0 Å². The minimum Gasteiger partial charge on any atom is -0.374 e. The van der Waals surface area contributed by atoms with Gasteiger partial charge in [0.25, 0.3) is 0 Å². The molecule has 0 saturated carbocycles. The molecule has 0 aromatic carbocycles. The van der Waals surface area contributed by atoms with Crippen molar-refractivity contribution in [3.63, 3.8) is 0 Å². The molecule has 13 heavy (non-hydrogen) atoms. The first-order chi connectivity index (χ1) is 6.24. The molecule has 0 amide bonds. The van der Waals surface area contributed by atoms with E-state index in [-0.39, 0.29) is 12.4 Å². The van der Waals surface area contributed by atoms with Crippen molar-refractivity contribution < 1.29 is 9.53 Å². The van der Waals surface area contributed by atoms with Crippen molar-refractivity contribution in [2.45, 2.75) is 6.92 Å². The highest BCUT2D eigenvalue weighted by Gasteiger charge is 2.05. The van der Waals surface area contributed by atoms with E-state index in [0.29, 0.717) is 17.3 Å². The van der Waals surface area contributed by atoms with Crippen LogP contribution in [0.5, 0.6) is 0 Å². The second-order valence-corrected chi connectivity index (χ2v) is 2.86. The minimum atomic E-state index is -0.126. The molecular formula is C9H10ClNO2. The van der Waals surface area contributed by atoms with Gasteiger partial charge in [-0.1, -0.05) is 11.6 Å². The van der Waals surface area contributed by atoms with E-state index in [4.69, 9.17) is 16.3 Å². The molecule has 0 aliphatic heterocycles. The molecule has 3 nitrogen and oxygen atoms in total. The van der Waals surface area contributed by atoms with Gasteiger partial charge in [0.15, 0.2) is 0 Å². The highest BCUT2D eigenvalue weighted by Crippen LogP contribution is 2.06. The van der Waals surface area contributed by atoms with E-state index < -0.39 is 0 Å². The molecule has 0 spiro atoms. The summed E-state index contributed by atoms with van der Waals surface area (Å²) in [4.78, 5) is 15.2. The fourth-order valence-electron chi connectivity index (χ4n) is 0.809.